The van der Waals surface area contributed by atoms with Crippen molar-refractivity contribution in [2.24, 2.45) is 5.73 Å². The predicted octanol–water partition coefficient (Wildman–Crippen LogP) is 0.0768. The number of hydroxylamine groups is 1. The van der Waals surface area contributed by atoms with Gasteiger partial charge in [0.1, 0.15) is 6.04 Å². The lowest BCUT2D eigenvalue weighted by Gasteiger charge is -2.19. The summed E-state index contributed by atoms with van der Waals surface area (Å²) in [5.74, 6) is 4.65. The van der Waals surface area contributed by atoms with Crippen molar-refractivity contribution in [3.63, 3.8) is 0 Å². The first-order chi connectivity index (χ1) is 13.9. The van der Waals surface area contributed by atoms with Gasteiger partial charge in [0, 0.05) is 29.9 Å². The van der Waals surface area contributed by atoms with Crippen molar-refractivity contribution >= 4 is 11.8 Å². The molecule has 0 aliphatic rings. The Bertz CT molecular complexity index is 901. The van der Waals surface area contributed by atoms with Crippen LogP contribution in [0.5, 0.6) is 0 Å². The summed E-state index contributed by atoms with van der Waals surface area (Å²) >= 11 is 0. The Morgan fingerprint density at radius 2 is 1.79 bits per heavy atom. The molecule has 152 valence electrons. The van der Waals surface area contributed by atoms with E-state index in [1.807, 2.05) is 24.3 Å². The Morgan fingerprint density at radius 1 is 1.10 bits per heavy atom. The molecule has 2 atom stereocenters. The molecule has 0 heterocycles. The van der Waals surface area contributed by atoms with Gasteiger partial charge in [-0.3, -0.25) is 14.8 Å². The summed E-state index contributed by atoms with van der Waals surface area (Å²) in [6.07, 6.45) is -1.17. The average molecular weight is 396 g/mol. The van der Waals surface area contributed by atoms with Crippen LogP contribution in [0, 0.1) is 11.8 Å². The fourth-order valence-corrected chi connectivity index (χ4v) is 2.52. The maximum absolute atomic E-state index is 12.3. The normalized spacial score (nSPS) is 12.3. The molecule has 7 N–H and O–H groups in total. The molecule has 0 unspecified atom stereocenters. The van der Waals surface area contributed by atoms with Crippen LogP contribution in [0.1, 0.15) is 34.0 Å². The van der Waals surface area contributed by atoms with E-state index in [9.17, 15) is 14.7 Å². The highest BCUT2D eigenvalue weighted by atomic mass is 16.5. The number of aliphatic hydroxyl groups is 1. The molecule has 8 heteroatoms. The molecule has 2 aromatic rings. The van der Waals surface area contributed by atoms with E-state index in [-0.39, 0.29) is 0 Å². The molecule has 2 aromatic carbocycles. The summed E-state index contributed by atoms with van der Waals surface area (Å²) in [5, 5.41) is 23.7. The van der Waals surface area contributed by atoms with E-state index in [0.717, 1.165) is 11.1 Å². The van der Waals surface area contributed by atoms with Gasteiger partial charge in [0.25, 0.3) is 11.8 Å². The van der Waals surface area contributed by atoms with Crippen LogP contribution in [0.2, 0.25) is 0 Å². The fraction of sp³-hybridized carbons (Fsp3) is 0.238. The summed E-state index contributed by atoms with van der Waals surface area (Å²) in [7, 11) is 0. The Balaban J connectivity index is 2.06. The van der Waals surface area contributed by atoms with Gasteiger partial charge < -0.3 is 21.5 Å². The second-order valence-corrected chi connectivity index (χ2v) is 6.33. The van der Waals surface area contributed by atoms with Gasteiger partial charge in [-0.1, -0.05) is 24.0 Å². The number of aliphatic hydroxyl groups excluding tert-OH is 1. The Hall–Kier alpha value is -3.22. The van der Waals surface area contributed by atoms with Crippen LogP contribution >= 0.6 is 0 Å². The first kappa shape index (κ1) is 22.1. The number of amides is 2. The van der Waals surface area contributed by atoms with Gasteiger partial charge in [-0.05, 0) is 48.9 Å². The minimum absolute atomic E-state index is 0.293. The van der Waals surface area contributed by atoms with Crippen LogP contribution in [0.25, 0.3) is 0 Å². The van der Waals surface area contributed by atoms with E-state index < -0.39 is 24.0 Å². The molecule has 0 spiro atoms. The number of hydrogen-bond acceptors (Lipinski definition) is 6. The monoisotopic (exact) mass is 396 g/mol. The Morgan fingerprint density at radius 3 is 2.41 bits per heavy atom. The summed E-state index contributed by atoms with van der Waals surface area (Å²) < 4.78 is 0. The summed E-state index contributed by atoms with van der Waals surface area (Å²) in [4.78, 5) is 23.8. The van der Waals surface area contributed by atoms with Crippen LogP contribution in [0.3, 0.4) is 0 Å². The third-order valence-electron chi connectivity index (χ3n) is 4.06. The molecule has 29 heavy (non-hydrogen) atoms. The van der Waals surface area contributed by atoms with Crippen molar-refractivity contribution in [3.8, 4) is 11.8 Å². The van der Waals surface area contributed by atoms with Gasteiger partial charge in [0.2, 0.25) is 0 Å². The maximum atomic E-state index is 12.3. The van der Waals surface area contributed by atoms with Crippen LogP contribution < -0.4 is 21.8 Å². The largest absolute Gasteiger partial charge is 0.391 e. The van der Waals surface area contributed by atoms with E-state index in [2.05, 4.69) is 22.5 Å². The Kier molecular flexibility index (Phi) is 8.33. The zero-order valence-electron chi connectivity index (χ0n) is 16.0. The van der Waals surface area contributed by atoms with Gasteiger partial charge >= 0.3 is 0 Å². The SMILES string of the molecule is C[C@@H](O)[C@H](NC(=O)c1ccc(C#Cc2cccc(CNCN)c2)cc1)C(=O)NO. The molecule has 8 nitrogen and oxygen atoms in total. The number of hydrogen-bond donors (Lipinski definition) is 6. The number of benzene rings is 2. The number of nitrogens with two attached hydrogens (primary N) is 1. The lowest BCUT2D eigenvalue weighted by Crippen LogP contribution is -2.51. The first-order valence-electron chi connectivity index (χ1n) is 8.99. The summed E-state index contributed by atoms with van der Waals surface area (Å²) in [5.41, 5.74) is 9.80. The van der Waals surface area contributed by atoms with E-state index >= 15 is 0 Å². The van der Waals surface area contributed by atoms with Crippen molar-refractivity contribution in [2.75, 3.05) is 6.67 Å². The molecular weight excluding hydrogens is 372 g/mol. The molecule has 0 saturated heterocycles. The number of nitrogens with one attached hydrogen (secondary N) is 3. The number of rotatable bonds is 7. The van der Waals surface area contributed by atoms with Gasteiger partial charge in [0.15, 0.2) is 0 Å². The predicted molar refractivity (Wildman–Crippen MR) is 108 cm³/mol. The van der Waals surface area contributed by atoms with Gasteiger partial charge in [-0.2, -0.15) is 0 Å². The standard InChI is InChI=1S/C21H24N4O4/c1-14(26)19(21(28)25-29)24-20(27)18-9-7-15(8-10-18)5-6-16-3-2-4-17(11-16)12-23-13-22/h2-4,7-11,14,19,23,26,29H,12-13,22H2,1H3,(H,24,27)(H,25,28)/t14-,19+/m1/s1. The highest BCUT2D eigenvalue weighted by molar-refractivity contribution is 5.97. The third-order valence-corrected chi connectivity index (χ3v) is 4.06. The first-order valence-corrected chi connectivity index (χ1v) is 8.99. The van der Waals surface area contributed by atoms with Crippen LogP contribution in [0.15, 0.2) is 48.5 Å². The summed E-state index contributed by atoms with van der Waals surface area (Å²) in [6.45, 7) is 2.40. The van der Waals surface area contributed by atoms with E-state index in [1.54, 1.807) is 24.3 Å². The van der Waals surface area contributed by atoms with Crippen molar-refractivity contribution in [3.05, 3.63) is 70.8 Å². The molecule has 0 radical (unpaired) electrons. The molecule has 0 saturated carbocycles. The fourth-order valence-electron chi connectivity index (χ4n) is 2.52. The lowest BCUT2D eigenvalue weighted by atomic mass is 10.1. The highest BCUT2D eigenvalue weighted by Gasteiger charge is 2.25. The zero-order valence-corrected chi connectivity index (χ0v) is 16.0. The lowest BCUT2D eigenvalue weighted by molar-refractivity contribution is -0.133. The molecular formula is C21H24N4O4. The molecule has 0 aliphatic carbocycles. The van der Waals surface area contributed by atoms with Crippen LogP contribution in [-0.2, 0) is 11.3 Å². The van der Waals surface area contributed by atoms with E-state index in [1.165, 1.54) is 12.4 Å². The quantitative estimate of drug-likeness (QED) is 0.170. The molecule has 0 aliphatic heterocycles. The molecule has 2 rings (SSSR count). The van der Waals surface area contributed by atoms with Gasteiger partial charge in [0.05, 0.1) is 6.10 Å². The van der Waals surface area contributed by atoms with Gasteiger partial charge in [-0.25, -0.2) is 5.48 Å². The Labute approximate surface area is 169 Å². The number of carbonyl (C=O) groups excluding carboxylic acids is 2. The second-order valence-electron chi connectivity index (χ2n) is 6.33. The molecule has 0 aromatic heterocycles. The maximum Gasteiger partial charge on any atom is 0.268 e. The molecule has 0 fully saturated rings. The van der Waals surface area contributed by atoms with Gasteiger partial charge in [-0.15, -0.1) is 0 Å². The van der Waals surface area contributed by atoms with Crippen molar-refractivity contribution in [2.45, 2.75) is 25.6 Å². The van der Waals surface area contributed by atoms with E-state index in [4.69, 9.17) is 10.9 Å². The third kappa shape index (κ3) is 6.71. The minimum Gasteiger partial charge on any atom is -0.391 e. The molecule has 2 amide bonds. The second kappa shape index (κ2) is 10.9. The summed E-state index contributed by atoms with van der Waals surface area (Å²) in [6, 6.07) is 13.0. The van der Waals surface area contributed by atoms with Crippen LogP contribution in [0.4, 0.5) is 0 Å². The minimum atomic E-state index is -1.27. The van der Waals surface area contributed by atoms with Crippen molar-refractivity contribution in [1.29, 1.82) is 0 Å². The number of carbonyl (C=O) groups is 2. The van der Waals surface area contributed by atoms with Crippen molar-refractivity contribution in [1.82, 2.24) is 16.1 Å². The van der Waals surface area contributed by atoms with Crippen molar-refractivity contribution < 1.29 is 19.9 Å². The smallest absolute Gasteiger partial charge is 0.268 e. The highest BCUT2D eigenvalue weighted by Crippen LogP contribution is 2.07. The zero-order chi connectivity index (χ0) is 21.2. The topological polar surface area (TPSA) is 137 Å². The van der Waals surface area contributed by atoms with Crippen LogP contribution in [-0.4, -0.2) is 40.9 Å². The molecule has 0 bridgehead atoms. The van der Waals surface area contributed by atoms with E-state index in [0.29, 0.717) is 24.3 Å². The average Bonchev–Trinajstić information content (AvgIpc) is 2.74.